The van der Waals surface area contributed by atoms with Crippen molar-refractivity contribution in [2.24, 2.45) is 5.92 Å². The number of benzene rings is 2. The average molecular weight is 502 g/mol. The number of hydrogen-bond acceptors (Lipinski definition) is 4. The van der Waals surface area contributed by atoms with Crippen molar-refractivity contribution in [1.29, 1.82) is 0 Å². The molecule has 1 aliphatic carbocycles. The van der Waals surface area contributed by atoms with Gasteiger partial charge in [-0.3, -0.25) is 4.90 Å². The molecular formula is C31H39N3O3. The Morgan fingerprint density at radius 2 is 1.89 bits per heavy atom. The minimum atomic E-state index is -0.857. The van der Waals surface area contributed by atoms with Crippen LogP contribution in [0.5, 0.6) is 5.75 Å². The van der Waals surface area contributed by atoms with Gasteiger partial charge in [0.1, 0.15) is 5.75 Å². The molecule has 0 spiro atoms. The standard InChI is InChI=1S/C31H39N3O3/c1-32(2)15-16-33-14-13-22-19-34-27-17-21(31(35)36)9-11-25(27)28(20-7-5-4-6-8-20)30(34)24-12-10-23(37-3)18-26(24)29(22)33/h9-12,17-18,20,22,29H,4-8,13-16,19H2,1-3H3,(H,35,36)/t22-,29+/m0/s1. The van der Waals surface area contributed by atoms with Gasteiger partial charge >= 0.3 is 5.97 Å². The van der Waals surface area contributed by atoms with Crippen LogP contribution in [0.2, 0.25) is 0 Å². The predicted molar refractivity (Wildman–Crippen MR) is 148 cm³/mol. The van der Waals surface area contributed by atoms with Gasteiger partial charge in [0.05, 0.1) is 18.4 Å². The molecule has 6 heteroatoms. The van der Waals surface area contributed by atoms with Gasteiger partial charge in [0, 0.05) is 42.1 Å². The summed E-state index contributed by atoms with van der Waals surface area (Å²) < 4.78 is 8.24. The molecule has 0 unspecified atom stereocenters. The van der Waals surface area contributed by atoms with Crippen LogP contribution >= 0.6 is 0 Å². The minimum Gasteiger partial charge on any atom is -0.497 e. The Kier molecular flexibility index (Phi) is 6.49. The molecule has 2 aliphatic heterocycles. The van der Waals surface area contributed by atoms with Crippen LogP contribution in [0.3, 0.4) is 0 Å². The second-order valence-electron chi connectivity index (χ2n) is 11.5. The van der Waals surface area contributed by atoms with E-state index < -0.39 is 5.97 Å². The fourth-order valence-electron chi connectivity index (χ4n) is 7.30. The van der Waals surface area contributed by atoms with Crippen LogP contribution < -0.4 is 4.74 Å². The zero-order valence-electron chi connectivity index (χ0n) is 22.4. The van der Waals surface area contributed by atoms with Crippen molar-refractivity contribution in [3.63, 3.8) is 0 Å². The molecule has 1 N–H and O–H groups in total. The summed E-state index contributed by atoms with van der Waals surface area (Å²) in [6.07, 6.45) is 7.41. The summed E-state index contributed by atoms with van der Waals surface area (Å²) in [5.41, 5.74) is 6.90. The highest BCUT2D eigenvalue weighted by Crippen LogP contribution is 2.52. The average Bonchev–Trinajstić information content (AvgIpc) is 3.42. The van der Waals surface area contributed by atoms with Gasteiger partial charge < -0.3 is 19.3 Å². The lowest BCUT2D eigenvalue weighted by atomic mass is 9.81. The Hall–Kier alpha value is -2.83. The van der Waals surface area contributed by atoms with Crippen molar-refractivity contribution in [2.75, 3.05) is 40.8 Å². The molecule has 1 saturated carbocycles. The Morgan fingerprint density at radius 3 is 2.62 bits per heavy atom. The molecule has 2 aromatic carbocycles. The largest absolute Gasteiger partial charge is 0.497 e. The molecule has 1 saturated heterocycles. The van der Waals surface area contributed by atoms with E-state index >= 15 is 0 Å². The van der Waals surface area contributed by atoms with Gasteiger partial charge in [-0.15, -0.1) is 0 Å². The van der Waals surface area contributed by atoms with E-state index in [4.69, 9.17) is 4.74 Å². The number of carboxylic acid groups (broad SMARTS) is 1. The van der Waals surface area contributed by atoms with Gasteiger partial charge in [-0.1, -0.05) is 25.3 Å². The molecule has 2 atom stereocenters. The SMILES string of the molecule is COc1ccc2c(c1)[C@H]1[C@@H](CCN1CCN(C)C)Cn1c-2c(C2CCCCC2)c2ccc(C(=O)O)cc21. The molecule has 0 amide bonds. The third kappa shape index (κ3) is 4.24. The summed E-state index contributed by atoms with van der Waals surface area (Å²) >= 11 is 0. The molecule has 3 aromatic rings. The van der Waals surface area contributed by atoms with E-state index in [1.54, 1.807) is 13.2 Å². The maximum absolute atomic E-state index is 12.0. The Labute approximate surface area is 219 Å². The van der Waals surface area contributed by atoms with Crippen molar-refractivity contribution in [2.45, 2.75) is 57.0 Å². The van der Waals surface area contributed by atoms with Crippen LogP contribution in [0, 0.1) is 5.92 Å². The van der Waals surface area contributed by atoms with Gasteiger partial charge in [0.15, 0.2) is 0 Å². The number of methoxy groups -OCH3 is 1. The van der Waals surface area contributed by atoms with Crippen LogP contribution in [0.25, 0.3) is 22.2 Å². The second-order valence-corrected chi connectivity index (χ2v) is 11.5. The molecule has 1 aromatic heterocycles. The second kappa shape index (κ2) is 9.80. The van der Waals surface area contributed by atoms with Crippen LogP contribution in [-0.4, -0.2) is 66.3 Å². The quantitative estimate of drug-likeness (QED) is 0.449. The number of ether oxygens (including phenoxy) is 1. The highest BCUT2D eigenvalue weighted by atomic mass is 16.5. The number of nitrogens with zero attached hydrogens (tertiary/aromatic N) is 3. The molecule has 37 heavy (non-hydrogen) atoms. The highest BCUT2D eigenvalue weighted by Gasteiger charge is 2.41. The lowest BCUT2D eigenvalue weighted by molar-refractivity contribution is 0.0697. The first kappa shape index (κ1) is 24.5. The number of rotatable bonds is 6. The number of aromatic nitrogens is 1. The third-order valence-corrected chi connectivity index (χ3v) is 9.08. The van der Waals surface area contributed by atoms with Crippen LogP contribution in [-0.2, 0) is 6.54 Å². The first-order valence-corrected chi connectivity index (χ1v) is 13.9. The summed E-state index contributed by atoms with van der Waals surface area (Å²) in [7, 11) is 6.05. The zero-order valence-corrected chi connectivity index (χ0v) is 22.4. The lowest BCUT2D eigenvalue weighted by Crippen LogP contribution is -2.33. The highest BCUT2D eigenvalue weighted by molar-refractivity contribution is 5.98. The van der Waals surface area contributed by atoms with E-state index in [0.717, 1.165) is 43.9 Å². The zero-order chi connectivity index (χ0) is 25.7. The molecule has 2 fully saturated rings. The molecule has 3 aliphatic rings. The van der Waals surface area contributed by atoms with Gasteiger partial charge in [-0.2, -0.15) is 0 Å². The van der Waals surface area contributed by atoms with Crippen molar-refractivity contribution in [3.05, 3.63) is 53.1 Å². The van der Waals surface area contributed by atoms with E-state index in [1.165, 1.54) is 59.9 Å². The first-order chi connectivity index (χ1) is 18.0. The monoisotopic (exact) mass is 501 g/mol. The first-order valence-electron chi connectivity index (χ1n) is 13.9. The summed E-state index contributed by atoms with van der Waals surface area (Å²) in [5, 5.41) is 11.1. The molecule has 0 bridgehead atoms. The summed E-state index contributed by atoms with van der Waals surface area (Å²) in [6, 6.07) is 12.8. The van der Waals surface area contributed by atoms with Gasteiger partial charge in [0.2, 0.25) is 0 Å². The van der Waals surface area contributed by atoms with Crippen LogP contribution in [0.1, 0.15) is 72.0 Å². The van der Waals surface area contributed by atoms with Gasteiger partial charge in [0.25, 0.3) is 0 Å². The maximum Gasteiger partial charge on any atom is 0.335 e. The van der Waals surface area contributed by atoms with E-state index in [9.17, 15) is 9.90 Å². The van der Waals surface area contributed by atoms with Crippen LogP contribution in [0.15, 0.2) is 36.4 Å². The molecule has 196 valence electrons. The molecular weight excluding hydrogens is 462 g/mol. The smallest absolute Gasteiger partial charge is 0.335 e. The fourth-order valence-corrected chi connectivity index (χ4v) is 7.30. The molecule has 3 heterocycles. The van der Waals surface area contributed by atoms with Gasteiger partial charge in [-0.25, -0.2) is 4.79 Å². The van der Waals surface area contributed by atoms with Crippen molar-refractivity contribution in [1.82, 2.24) is 14.4 Å². The Balaban J connectivity index is 1.60. The fraction of sp³-hybridized carbons (Fsp3) is 0.516. The molecule has 6 nitrogen and oxygen atoms in total. The minimum absolute atomic E-state index is 0.335. The lowest BCUT2D eigenvalue weighted by Gasteiger charge is -2.30. The number of hydrogen-bond donors (Lipinski definition) is 1. The third-order valence-electron chi connectivity index (χ3n) is 9.08. The maximum atomic E-state index is 12.0. The molecule has 6 rings (SSSR count). The van der Waals surface area contributed by atoms with Crippen molar-refractivity contribution >= 4 is 16.9 Å². The number of carbonyl (C=O) groups is 1. The topological polar surface area (TPSA) is 57.9 Å². The normalized spacial score (nSPS) is 22.1. The summed E-state index contributed by atoms with van der Waals surface area (Å²) in [4.78, 5) is 16.9. The van der Waals surface area contributed by atoms with Gasteiger partial charge in [-0.05, 0) is 93.2 Å². The van der Waals surface area contributed by atoms with E-state index in [1.807, 2.05) is 6.07 Å². The molecule has 0 radical (unpaired) electrons. The number of fused-ring (bicyclic) bond motifs is 7. The predicted octanol–water partition coefficient (Wildman–Crippen LogP) is 6.00. The number of aromatic carboxylic acids is 1. The van der Waals surface area contributed by atoms with Crippen molar-refractivity contribution in [3.8, 4) is 17.0 Å². The van der Waals surface area contributed by atoms with E-state index in [-0.39, 0.29) is 0 Å². The van der Waals surface area contributed by atoms with Crippen molar-refractivity contribution < 1.29 is 14.6 Å². The van der Waals surface area contributed by atoms with Crippen LogP contribution in [0.4, 0.5) is 0 Å². The Morgan fingerprint density at radius 1 is 1.08 bits per heavy atom. The van der Waals surface area contributed by atoms with E-state index in [2.05, 4.69) is 52.7 Å². The number of carboxylic acids is 1. The number of likely N-dealkylation sites (N-methyl/N-ethyl adjacent to an activating group) is 1. The Bertz CT molecular complexity index is 1320. The summed E-state index contributed by atoms with van der Waals surface area (Å²) in [6.45, 7) is 4.08. The summed E-state index contributed by atoms with van der Waals surface area (Å²) in [5.74, 6) is 1.04. The number of likely N-dealkylation sites (tertiary alicyclic amines) is 1. The van der Waals surface area contributed by atoms with E-state index in [0.29, 0.717) is 23.4 Å².